The van der Waals surface area contributed by atoms with Crippen LogP contribution in [0.3, 0.4) is 0 Å². The van der Waals surface area contributed by atoms with Crippen LogP contribution in [0.5, 0.6) is 0 Å². The SMILES string of the molecule is Cc1[nH]ncc1CCCNc1ncc(F)cn1. The van der Waals surface area contributed by atoms with Crippen LogP contribution >= 0.6 is 0 Å². The highest BCUT2D eigenvalue weighted by Gasteiger charge is 2.00. The molecule has 0 aromatic carbocycles. The van der Waals surface area contributed by atoms with E-state index in [1.54, 1.807) is 0 Å². The van der Waals surface area contributed by atoms with Crippen LogP contribution in [0.2, 0.25) is 0 Å². The zero-order chi connectivity index (χ0) is 12.1. The molecule has 0 atom stereocenters. The summed E-state index contributed by atoms with van der Waals surface area (Å²) in [6.45, 7) is 2.75. The van der Waals surface area contributed by atoms with E-state index in [4.69, 9.17) is 0 Å². The molecule has 2 aromatic heterocycles. The molecule has 0 saturated heterocycles. The summed E-state index contributed by atoms with van der Waals surface area (Å²) < 4.78 is 12.5. The van der Waals surface area contributed by atoms with Crippen molar-refractivity contribution in [3.8, 4) is 0 Å². The average molecular weight is 235 g/mol. The summed E-state index contributed by atoms with van der Waals surface area (Å²) in [4.78, 5) is 7.63. The number of nitrogens with one attached hydrogen (secondary N) is 2. The maximum Gasteiger partial charge on any atom is 0.222 e. The second-order valence-corrected chi connectivity index (χ2v) is 3.78. The van der Waals surface area contributed by atoms with Crippen molar-refractivity contribution in [3.05, 3.63) is 35.7 Å². The summed E-state index contributed by atoms with van der Waals surface area (Å²) in [6.07, 6.45) is 6.02. The minimum atomic E-state index is -0.426. The Morgan fingerprint density at radius 3 is 2.71 bits per heavy atom. The number of aromatic nitrogens is 4. The molecule has 0 aliphatic rings. The second-order valence-electron chi connectivity index (χ2n) is 3.78. The predicted molar refractivity (Wildman–Crippen MR) is 62.1 cm³/mol. The van der Waals surface area contributed by atoms with Crippen molar-refractivity contribution in [2.45, 2.75) is 19.8 Å². The monoisotopic (exact) mass is 235 g/mol. The Balaban J connectivity index is 1.73. The van der Waals surface area contributed by atoms with Crippen molar-refractivity contribution in [2.24, 2.45) is 0 Å². The molecule has 0 bridgehead atoms. The van der Waals surface area contributed by atoms with Crippen molar-refractivity contribution >= 4 is 5.95 Å². The molecule has 2 heterocycles. The number of halogens is 1. The van der Waals surface area contributed by atoms with Crippen molar-refractivity contribution in [1.29, 1.82) is 0 Å². The summed E-state index contributed by atoms with van der Waals surface area (Å²) >= 11 is 0. The fraction of sp³-hybridized carbons (Fsp3) is 0.364. The number of hydrogen-bond acceptors (Lipinski definition) is 4. The van der Waals surface area contributed by atoms with Gasteiger partial charge in [0.25, 0.3) is 0 Å². The first-order valence-electron chi connectivity index (χ1n) is 5.46. The molecule has 0 aliphatic heterocycles. The van der Waals surface area contributed by atoms with Crippen LogP contribution in [0.15, 0.2) is 18.6 Å². The van der Waals surface area contributed by atoms with Crippen LogP contribution in [-0.4, -0.2) is 26.7 Å². The normalized spacial score (nSPS) is 10.5. The van der Waals surface area contributed by atoms with Gasteiger partial charge in [-0.1, -0.05) is 0 Å². The molecule has 6 heteroatoms. The Bertz CT molecular complexity index is 465. The average Bonchev–Trinajstić information content (AvgIpc) is 2.73. The van der Waals surface area contributed by atoms with Gasteiger partial charge in [0.1, 0.15) is 0 Å². The standard InChI is InChI=1S/C11H14FN5/c1-8-9(5-16-17-8)3-2-4-13-11-14-6-10(12)7-15-11/h5-7H,2-4H2,1H3,(H,16,17)(H,13,14,15). The molecular weight excluding hydrogens is 221 g/mol. The lowest BCUT2D eigenvalue weighted by molar-refractivity contribution is 0.614. The Labute approximate surface area is 98.5 Å². The minimum Gasteiger partial charge on any atom is -0.354 e. The third-order valence-electron chi connectivity index (χ3n) is 2.46. The van der Waals surface area contributed by atoms with Gasteiger partial charge in [-0.05, 0) is 25.3 Å². The highest BCUT2D eigenvalue weighted by molar-refractivity contribution is 5.22. The van der Waals surface area contributed by atoms with Gasteiger partial charge in [-0.25, -0.2) is 14.4 Å². The molecule has 0 amide bonds. The van der Waals surface area contributed by atoms with Gasteiger partial charge < -0.3 is 5.32 Å². The van der Waals surface area contributed by atoms with E-state index in [0.29, 0.717) is 5.95 Å². The molecule has 0 unspecified atom stereocenters. The van der Waals surface area contributed by atoms with Crippen molar-refractivity contribution < 1.29 is 4.39 Å². The molecule has 2 aromatic rings. The molecular formula is C11H14FN5. The number of H-pyrrole nitrogens is 1. The molecule has 5 nitrogen and oxygen atoms in total. The van der Waals surface area contributed by atoms with Crippen LogP contribution in [0.25, 0.3) is 0 Å². The Kier molecular flexibility index (Phi) is 3.64. The number of aromatic amines is 1. The molecule has 0 fully saturated rings. The smallest absolute Gasteiger partial charge is 0.222 e. The summed E-state index contributed by atoms with van der Waals surface area (Å²) in [6, 6.07) is 0. The largest absolute Gasteiger partial charge is 0.354 e. The Morgan fingerprint density at radius 1 is 1.29 bits per heavy atom. The zero-order valence-corrected chi connectivity index (χ0v) is 9.57. The maximum atomic E-state index is 12.5. The summed E-state index contributed by atoms with van der Waals surface area (Å²) in [5.41, 5.74) is 2.31. The zero-order valence-electron chi connectivity index (χ0n) is 9.57. The quantitative estimate of drug-likeness (QED) is 0.774. The van der Waals surface area contributed by atoms with E-state index in [1.807, 2.05) is 13.1 Å². The first kappa shape index (κ1) is 11.5. The van der Waals surface area contributed by atoms with Crippen LogP contribution in [0, 0.1) is 12.7 Å². The van der Waals surface area contributed by atoms with Gasteiger partial charge in [0.15, 0.2) is 5.82 Å². The highest BCUT2D eigenvalue weighted by Crippen LogP contribution is 2.06. The lowest BCUT2D eigenvalue weighted by Crippen LogP contribution is -2.06. The molecule has 0 spiro atoms. The minimum absolute atomic E-state index is 0.426. The molecule has 2 rings (SSSR count). The summed E-state index contributed by atoms with van der Waals surface area (Å²) in [7, 11) is 0. The van der Waals surface area contributed by atoms with Gasteiger partial charge in [-0.3, -0.25) is 5.10 Å². The Hall–Kier alpha value is -1.98. The summed E-state index contributed by atoms with van der Waals surface area (Å²) in [5, 5.41) is 9.89. The van der Waals surface area contributed by atoms with E-state index in [0.717, 1.165) is 37.5 Å². The third kappa shape index (κ3) is 3.24. The van der Waals surface area contributed by atoms with Crippen LogP contribution in [-0.2, 0) is 6.42 Å². The van der Waals surface area contributed by atoms with E-state index in [1.165, 1.54) is 5.56 Å². The van der Waals surface area contributed by atoms with E-state index in [-0.39, 0.29) is 0 Å². The topological polar surface area (TPSA) is 66.5 Å². The highest BCUT2D eigenvalue weighted by atomic mass is 19.1. The van der Waals surface area contributed by atoms with Crippen LogP contribution in [0.4, 0.5) is 10.3 Å². The number of rotatable bonds is 5. The Morgan fingerprint density at radius 2 is 2.06 bits per heavy atom. The fourth-order valence-electron chi connectivity index (χ4n) is 1.51. The van der Waals surface area contributed by atoms with E-state index < -0.39 is 5.82 Å². The molecule has 0 saturated carbocycles. The predicted octanol–water partition coefficient (Wildman–Crippen LogP) is 1.69. The summed E-state index contributed by atoms with van der Waals surface area (Å²) in [5.74, 6) is 0.0277. The first-order chi connectivity index (χ1) is 8.25. The van der Waals surface area contributed by atoms with E-state index >= 15 is 0 Å². The first-order valence-corrected chi connectivity index (χ1v) is 5.46. The molecule has 0 aliphatic carbocycles. The van der Waals surface area contributed by atoms with Gasteiger partial charge in [0.2, 0.25) is 5.95 Å². The lowest BCUT2D eigenvalue weighted by Gasteiger charge is -2.03. The van der Waals surface area contributed by atoms with Gasteiger partial charge in [0, 0.05) is 12.2 Å². The molecule has 17 heavy (non-hydrogen) atoms. The van der Waals surface area contributed by atoms with E-state index in [9.17, 15) is 4.39 Å². The number of anilines is 1. The number of hydrogen-bond donors (Lipinski definition) is 2. The van der Waals surface area contributed by atoms with Gasteiger partial charge in [0.05, 0.1) is 18.6 Å². The molecule has 2 N–H and O–H groups in total. The molecule has 0 radical (unpaired) electrons. The lowest BCUT2D eigenvalue weighted by atomic mass is 10.1. The van der Waals surface area contributed by atoms with Crippen molar-refractivity contribution in [3.63, 3.8) is 0 Å². The maximum absolute atomic E-state index is 12.5. The number of aryl methyl sites for hydroxylation is 2. The van der Waals surface area contributed by atoms with Crippen LogP contribution in [0.1, 0.15) is 17.7 Å². The van der Waals surface area contributed by atoms with Gasteiger partial charge in [-0.2, -0.15) is 5.10 Å². The second kappa shape index (κ2) is 5.38. The molecule has 90 valence electrons. The van der Waals surface area contributed by atoms with Crippen molar-refractivity contribution in [1.82, 2.24) is 20.2 Å². The van der Waals surface area contributed by atoms with Crippen molar-refractivity contribution in [2.75, 3.05) is 11.9 Å². The van der Waals surface area contributed by atoms with Gasteiger partial charge >= 0.3 is 0 Å². The van der Waals surface area contributed by atoms with E-state index in [2.05, 4.69) is 25.5 Å². The number of nitrogens with zero attached hydrogens (tertiary/aromatic N) is 3. The fourth-order valence-corrected chi connectivity index (χ4v) is 1.51. The third-order valence-corrected chi connectivity index (χ3v) is 2.46. The van der Waals surface area contributed by atoms with Gasteiger partial charge in [-0.15, -0.1) is 0 Å². The van der Waals surface area contributed by atoms with Crippen LogP contribution < -0.4 is 5.32 Å².